The van der Waals surface area contributed by atoms with E-state index in [0.717, 1.165) is 13.0 Å². The van der Waals surface area contributed by atoms with Crippen molar-refractivity contribution in [1.29, 1.82) is 0 Å². The van der Waals surface area contributed by atoms with Gasteiger partial charge in [-0.3, -0.25) is 4.79 Å². The average molecular weight is 172 g/mol. The van der Waals surface area contributed by atoms with Gasteiger partial charge in [0.25, 0.3) is 0 Å². The number of carbonyl (C=O) groups excluding carboxylic acids is 1. The highest BCUT2D eigenvalue weighted by Gasteiger charge is 2.28. The minimum atomic E-state index is -0.0634. The molecule has 0 aromatic carbocycles. The van der Waals surface area contributed by atoms with Crippen LogP contribution in [0.25, 0.3) is 0 Å². The molecule has 1 amide bonds. The minimum Gasteiger partial charge on any atom is -0.377 e. The summed E-state index contributed by atoms with van der Waals surface area (Å²) in [6.07, 6.45) is 0.991. The Morgan fingerprint density at radius 3 is 3.08 bits per heavy atom. The third-order valence-corrected chi connectivity index (χ3v) is 2.06. The van der Waals surface area contributed by atoms with Crippen LogP contribution < -0.4 is 10.6 Å². The SMILES string of the molecule is CCO[C@H]1CN[C@H](C(=O)NC)C1. The zero-order valence-corrected chi connectivity index (χ0v) is 7.59. The molecule has 0 saturated carbocycles. The van der Waals surface area contributed by atoms with Gasteiger partial charge in [-0.2, -0.15) is 0 Å². The van der Waals surface area contributed by atoms with Gasteiger partial charge in [-0.1, -0.05) is 0 Å². The van der Waals surface area contributed by atoms with Crippen molar-refractivity contribution in [3.8, 4) is 0 Å². The molecular weight excluding hydrogens is 156 g/mol. The third-order valence-electron chi connectivity index (χ3n) is 2.06. The molecule has 1 fully saturated rings. The molecule has 1 heterocycles. The van der Waals surface area contributed by atoms with Crippen molar-refractivity contribution in [2.75, 3.05) is 20.2 Å². The number of amides is 1. The summed E-state index contributed by atoms with van der Waals surface area (Å²) in [4.78, 5) is 11.1. The van der Waals surface area contributed by atoms with Crippen LogP contribution in [0.4, 0.5) is 0 Å². The van der Waals surface area contributed by atoms with Gasteiger partial charge in [0.2, 0.25) is 5.91 Å². The summed E-state index contributed by atoms with van der Waals surface area (Å²) in [5, 5.41) is 5.72. The number of hydrogen-bond donors (Lipinski definition) is 2. The molecule has 0 bridgehead atoms. The van der Waals surface area contributed by atoms with Crippen LogP contribution in [0.3, 0.4) is 0 Å². The predicted octanol–water partition coefficient (Wildman–Crippen LogP) is -0.501. The topological polar surface area (TPSA) is 50.4 Å². The molecule has 1 aliphatic rings. The van der Waals surface area contributed by atoms with Gasteiger partial charge in [-0.05, 0) is 13.3 Å². The first-order chi connectivity index (χ1) is 5.77. The molecule has 70 valence electrons. The highest BCUT2D eigenvalue weighted by molar-refractivity contribution is 5.81. The summed E-state index contributed by atoms with van der Waals surface area (Å²) in [6, 6.07) is -0.0634. The van der Waals surface area contributed by atoms with Crippen molar-refractivity contribution < 1.29 is 9.53 Å². The van der Waals surface area contributed by atoms with E-state index in [2.05, 4.69) is 10.6 Å². The van der Waals surface area contributed by atoms with Crippen molar-refractivity contribution in [2.24, 2.45) is 0 Å². The van der Waals surface area contributed by atoms with E-state index in [0.29, 0.717) is 6.61 Å². The molecule has 0 unspecified atom stereocenters. The lowest BCUT2D eigenvalue weighted by Gasteiger charge is -2.08. The largest absolute Gasteiger partial charge is 0.377 e. The number of rotatable bonds is 3. The first kappa shape index (κ1) is 9.48. The van der Waals surface area contributed by atoms with Crippen LogP contribution >= 0.6 is 0 Å². The van der Waals surface area contributed by atoms with Gasteiger partial charge in [0.15, 0.2) is 0 Å². The summed E-state index contributed by atoms with van der Waals surface area (Å²) in [5.41, 5.74) is 0. The van der Waals surface area contributed by atoms with Crippen molar-refractivity contribution in [1.82, 2.24) is 10.6 Å². The first-order valence-corrected chi connectivity index (χ1v) is 4.34. The molecular formula is C8H16N2O2. The second-order valence-corrected chi connectivity index (χ2v) is 2.89. The van der Waals surface area contributed by atoms with Crippen LogP contribution in [-0.4, -0.2) is 38.3 Å². The molecule has 4 nitrogen and oxygen atoms in total. The van der Waals surface area contributed by atoms with Crippen LogP contribution in [0.1, 0.15) is 13.3 Å². The average Bonchev–Trinajstić information content (AvgIpc) is 2.52. The Kier molecular flexibility index (Phi) is 3.49. The van der Waals surface area contributed by atoms with Crippen molar-refractivity contribution in [3.05, 3.63) is 0 Å². The highest BCUT2D eigenvalue weighted by Crippen LogP contribution is 2.09. The zero-order chi connectivity index (χ0) is 8.97. The van der Waals surface area contributed by atoms with E-state index in [4.69, 9.17) is 4.74 Å². The van der Waals surface area contributed by atoms with Gasteiger partial charge >= 0.3 is 0 Å². The zero-order valence-electron chi connectivity index (χ0n) is 7.59. The molecule has 1 saturated heterocycles. The Morgan fingerprint density at radius 2 is 2.50 bits per heavy atom. The maximum Gasteiger partial charge on any atom is 0.236 e. The molecule has 1 aliphatic heterocycles. The van der Waals surface area contributed by atoms with Gasteiger partial charge in [0.1, 0.15) is 0 Å². The fourth-order valence-electron chi connectivity index (χ4n) is 1.44. The summed E-state index contributed by atoms with van der Waals surface area (Å²) in [6.45, 7) is 3.46. The number of likely N-dealkylation sites (N-methyl/N-ethyl adjacent to an activating group) is 1. The Bertz CT molecular complexity index is 161. The number of ether oxygens (including phenoxy) is 1. The maximum absolute atomic E-state index is 11.1. The van der Waals surface area contributed by atoms with Gasteiger partial charge in [0.05, 0.1) is 12.1 Å². The summed E-state index contributed by atoms with van der Waals surface area (Å²) < 4.78 is 5.39. The van der Waals surface area contributed by atoms with Crippen LogP contribution in [0.5, 0.6) is 0 Å². The summed E-state index contributed by atoms with van der Waals surface area (Å²) >= 11 is 0. The second kappa shape index (κ2) is 4.42. The quantitative estimate of drug-likeness (QED) is 0.603. The number of nitrogens with one attached hydrogen (secondary N) is 2. The normalized spacial score (nSPS) is 28.8. The molecule has 0 aromatic heterocycles. The molecule has 0 radical (unpaired) electrons. The molecule has 1 rings (SSSR count). The van der Waals surface area contributed by atoms with Crippen molar-refractivity contribution >= 4 is 5.91 Å². The summed E-state index contributed by atoms with van der Waals surface area (Å²) in [5.74, 6) is 0.0530. The fraction of sp³-hybridized carbons (Fsp3) is 0.875. The molecule has 0 aliphatic carbocycles. The molecule has 12 heavy (non-hydrogen) atoms. The van der Waals surface area contributed by atoms with Crippen LogP contribution in [0.2, 0.25) is 0 Å². The highest BCUT2D eigenvalue weighted by atomic mass is 16.5. The van der Waals surface area contributed by atoms with Gasteiger partial charge in [-0.25, -0.2) is 0 Å². The van der Waals surface area contributed by atoms with Gasteiger partial charge < -0.3 is 15.4 Å². The monoisotopic (exact) mass is 172 g/mol. The van der Waals surface area contributed by atoms with E-state index in [1.54, 1.807) is 7.05 Å². The van der Waals surface area contributed by atoms with Crippen molar-refractivity contribution in [2.45, 2.75) is 25.5 Å². The number of hydrogen-bond acceptors (Lipinski definition) is 3. The van der Waals surface area contributed by atoms with Crippen LogP contribution in [-0.2, 0) is 9.53 Å². The van der Waals surface area contributed by atoms with E-state index < -0.39 is 0 Å². The Morgan fingerprint density at radius 1 is 1.75 bits per heavy atom. The van der Waals surface area contributed by atoms with E-state index in [1.807, 2.05) is 6.92 Å². The Labute approximate surface area is 72.7 Å². The van der Waals surface area contributed by atoms with Gasteiger partial charge in [-0.15, -0.1) is 0 Å². The Hall–Kier alpha value is -0.610. The van der Waals surface area contributed by atoms with E-state index in [-0.39, 0.29) is 18.1 Å². The molecule has 4 heteroatoms. The lowest BCUT2D eigenvalue weighted by molar-refractivity contribution is -0.122. The van der Waals surface area contributed by atoms with Gasteiger partial charge in [0, 0.05) is 20.2 Å². The molecule has 2 atom stereocenters. The molecule has 0 aromatic rings. The Balaban J connectivity index is 2.30. The maximum atomic E-state index is 11.1. The molecule has 2 N–H and O–H groups in total. The van der Waals surface area contributed by atoms with Crippen LogP contribution in [0.15, 0.2) is 0 Å². The van der Waals surface area contributed by atoms with Crippen molar-refractivity contribution in [3.63, 3.8) is 0 Å². The fourth-order valence-corrected chi connectivity index (χ4v) is 1.44. The number of carbonyl (C=O) groups is 1. The van der Waals surface area contributed by atoms with Crippen LogP contribution in [0, 0.1) is 0 Å². The second-order valence-electron chi connectivity index (χ2n) is 2.89. The third kappa shape index (κ3) is 2.19. The summed E-state index contributed by atoms with van der Waals surface area (Å²) in [7, 11) is 1.65. The first-order valence-electron chi connectivity index (χ1n) is 4.34. The van der Waals surface area contributed by atoms with E-state index in [9.17, 15) is 4.79 Å². The standard InChI is InChI=1S/C8H16N2O2/c1-3-12-6-4-7(10-5-6)8(11)9-2/h6-7,10H,3-5H2,1-2H3,(H,9,11)/t6-,7+/m1/s1. The predicted molar refractivity (Wildman–Crippen MR) is 45.9 cm³/mol. The lowest BCUT2D eigenvalue weighted by Crippen LogP contribution is -2.38. The minimum absolute atomic E-state index is 0.0530. The smallest absolute Gasteiger partial charge is 0.236 e. The van der Waals surface area contributed by atoms with E-state index in [1.165, 1.54) is 0 Å². The molecule has 0 spiro atoms. The van der Waals surface area contributed by atoms with E-state index >= 15 is 0 Å². The lowest BCUT2D eigenvalue weighted by atomic mass is 10.2.